The van der Waals surface area contributed by atoms with Gasteiger partial charge < -0.3 is 15.5 Å². The lowest BCUT2D eigenvalue weighted by molar-refractivity contribution is 0.0951. The lowest BCUT2D eigenvalue weighted by atomic mass is 10.1. The number of hydrogen-bond acceptors (Lipinski definition) is 4. The van der Waals surface area contributed by atoms with Gasteiger partial charge in [-0.1, -0.05) is 12.1 Å². The molecule has 7 nitrogen and oxygen atoms in total. The van der Waals surface area contributed by atoms with Crippen LogP contribution < -0.4 is 10.6 Å². The number of amides is 1. The van der Waals surface area contributed by atoms with Crippen LogP contribution in [0.3, 0.4) is 0 Å². The fourth-order valence-corrected chi connectivity index (χ4v) is 3.19. The van der Waals surface area contributed by atoms with E-state index >= 15 is 0 Å². The van der Waals surface area contributed by atoms with Gasteiger partial charge in [-0.25, -0.2) is 16.5 Å². The summed E-state index contributed by atoms with van der Waals surface area (Å²) in [5.41, 5.74) is 3.20. The molecule has 4 rings (SSSR count). The molecule has 0 bridgehead atoms. The molecule has 0 unspecified atom stereocenters. The number of nitrogens with one attached hydrogen (secondary N) is 2. The number of nitrogens with zero attached hydrogens (tertiary/aromatic N) is 4. The summed E-state index contributed by atoms with van der Waals surface area (Å²) in [5.74, 6) is 0.597. The summed E-state index contributed by atoms with van der Waals surface area (Å²) in [7, 11) is 0. The van der Waals surface area contributed by atoms with Crippen LogP contribution in [0.5, 0.6) is 0 Å². The lowest BCUT2D eigenvalue weighted by Crippen LogP contribution is -2.25. The molecule has 1 aliphatic carbocycles. The summed E-state index contributed by atoms with van der Waals surface area (Å²) in [4.78, 5) is 24.4. The summed E-state index contributed by atoms with van der Waals surface area (Å²) in [6.45, 7) is 7.77. The van der Waals surface area contributed by atoms with Gasteiger partial charge in [-0.15, -0.1) is 0 Å². The van der Waals surface area contributed by atoms with E-state index in [1.807, 2.05) is 34.9 Å². The molecule has 3 aromatic rings. The standard InChI is InChI=1S/C19H17BrN6O/c1-21-8-9-22-17-18-23-10-15(26(18)11-16(20)25-17)12-2-4-13(5-3-12)19(27)24-14-6-7-14/h2-5,10-11,14H,6-9H2,(H,22,25)(H,24,27). The summed E-state index contributed by atoms with van der Waals surface area (Å²) in [6.07, 6.45) is 5.77. The molecule has 1 aromatic carbocycles. The van der Waals surface area contributed by atoms with Crippen molar-refractivity contribution in [1.29, 1.82) is 0 Å². The molecule has 1 saturated carbocycles. The van der Waals surface area contributed by atoms with Gasteiger partial charge in [0, 0.05) is 23.4 Å². The first kappa shape index (κ1) is 17.5. The van der Waals surface area contributed by atoms with Crippen LogP contribution in [0, 0.1) is 6.57 Å². The third-order valence-electron chi connectivity index (χ3n) is 4.33. The Kier molecular flexibility index (Phi) is 4.77. The van der Waals surface area contributed by atoms with Crippen molar-refractivity contribution in [1.82, 2.24) is 19.7 Å². The van der Waals surface area contributed by atoms with Crippen molar-refractivity contribution in [2.45, 2.75) is 18.9 Å². The molecule has 1 amide bonds. The van der Waals surface area contributed by atoms with Gasteiger partial charge in [0.2, 0.25) is 6.54 Å². The van der Waals surface area contributed by atoms with E-state index in [9.17, 15) is 4.79 Å². The number of anilines is 1. The van der Waals surface area contributed by atoms with E-state index in [1.54, 1.807) is 6.20 Å². The maximum Gasteiger partial charge on any atom is 0.251 e. The first-order valence-electron chi connectivity index (χ1n) is 8.67. The lowest BCUT2D eigenvalue weighted by Gasteiger charge is -2.08. The zero-order chi connectivity index (χ0) is 18.8. The van der Waals surface area contributed by atoms with Crippen LogP contribution in [0.4, 0.5) is 5.82 Å². The zero-order valence-corrected chi connectivity index (χ0v) is 16.0. The van der Waals surface area contributed by atoms with Crippen LogP contribution >= 0.6 is 15.9 Å². The largest absolute Gasteiger partial charge is 0.359 e. The second-order valence-electron chi connectivity index (χ2n) is 6.38. The minimum atomic E-state index is -0.0274. The van der Waals surface area contributed by atoms with E-state index in [0.29, 0.717) is 40.8 Å². The number of rotatable bonds is 6. The van der Waals surface area contributed by atoms with Crippen LogP contribution in [0.15, 0.2) is 41.3 Å². The van der Waals surface area contributed by atoms with Crippen LogP contribution in [0.2, 0.25) is 0 Å². The molecule has 2 heterocycles. The Bertz CT molecular complexity index is 1030. The molecule has 0 radical (unpaired) electrons. The van der Waals surface area contributed by atoms with Crippen LogP contribution in [-0.4, -0.2) is 39.4 Å². The van der Waals surface area contributed by atoms with Gasteiger partial charge in [-0.05, 0) is 40.9 Å². The minimum Gasteiger partial charge on any atom is -0.359 e. The second-order valence-corrected chi connectivity index (χ2v) is 7.20. The number of aromatic nitrogens is 3. The van der Waals surface area contributed by atoms with Crippen molar-refractivity contribution in [2.24, 2.45) is 0 Å². The first-order valence-corrected chi connectivity index (χ1v) is 9.47. The van der Waals surface area contributed by atoms with Gasteiger partial charge in [0.15, 0.2) is 11.5 Å². The third-order valence-corrected chi connectivity index (χ3v) is 4.72. The molecule has 2 N–H and O–H groups in total. The average molecular weight is 425 g/mol. The quantitative estimate of drug-likeness (QED) is 0.469. The van der Waals surface area contributed by atoms with Gasteiger partial charge in [0.05, 0.1) is 18.4 Å². The van der Waals surface area contributed by atoms with Gasteiger partial charge in [0.25, 0.3) is 5.91 Å². The van der Waals surface area contributed by atoms with Crippen LogP contribution in [0.25, 0.3) is 21.7 Å². The predicted molar refractivity (Wildman–Crippen MR) is 107 cm³/mol. The number of imidazole rings is 1. The summed E-state index contributed by atoms with van der Waals surface area (Å²) >= 11 is 3.43. The van der Waals surface area contributed by atoms with Gasteiger partial charge in [0.1, 0.15) is 4.60 Å². The number of hydrogen-bond donors (Lipinski definition) is 2. The molecule has 1 aliphatic rings. The smallest absolute Gasteiger partial charge is 0.251 e. The third kappa shape index (κ3) is 3.78. The summed E-state index contributed by atoms with van der Waals surface area (Å²) in [5, 5.41) is 6.14. The molecular weight excluding hydrogens is 408 g/mol. The monoisotopic (exact) mass is 424 g/mol. The Morgan fingerprint density at radius 3 is 2.81 bits per heavy atom. The van der Waals surface area contributed by atoms with Crippen molar-refractivity contribution in [2.75, 3.05) is 18.4 Å². The zero-order valence-electron chi connectivity index (χ0n) is 14.4. The number of carbonyl (C=O) groups is 1. The molecule has 0 spiro atoms. The maximum absolute atomic E-state index is 12.1. The molecule has 2 aromatic heterocycles. The fourth-order valence-electron chi connectivity index (χ4n) is 2.81. The Morgan fingerprint density at radius 2 is 2.11 bits per heavy atom. The van der Waals surface area contributed by atoms with Gasteiger partial charge >= 0.3 is 0 Å². The summed E-state index contributed by atoms with van der Waals surface area (Å²) in [6, 6.07) is 7.85. The average Bonchev–Trinajstić information content (AvgIpc) is 3.38. The topological polar surface area (TPSA) is 75.7 Å². The van der Waals surface area contributed by atoms with Crippen molar-refractivity contribution in [3.8, 4) is 11.3 Å². The predicted octanol–water partition coefficient (Wildman–Crippen LogP) is 3.38. The number of benzene rings is 1. The van der Waals surface area contributed by atoms with E-state index in [4.69, 9.17) is 6.57 Å². The molecule has 0 saturated heterocycles. The molecule has 0 atom stereocenters. The molecular formula is C19H17BrN6O. The normalized spacial score (nSPS) is 13.3. The highest BCUT2D eigenvalue weighted by atomic mass is 79.9. The molecule has 8 heteroatoms. The van der Waals surface area contributed by atoms with Gasteiger partial charge in [-0.3, -0.25) is 9.20 Å². The van der Waals surface area contributed by atoms with Crippen molar-refractivity contribution in [3.05, 3.63) is 58.2 Å². The molecule has 0 aliphatic heterocycles. The Labute approximate surface area is 164 Å². The molecule has 27 heavy (non-hydrogen) atoms. The maximum atomic E-state index is 12.1. The Hall–Kier alpha value is -2.92. The first-order chi connectivity index (χ1) is 13.2. The van der Waals surface area contributed by atoms with E-state index in [2.05, 4.69) is 41.4 Å². The van der Waals surface area contributed by atoms with Crippen molar-refractivity contribution in [3.63, 3.8) is 0 Å². The highest BCUT2D eigenvalue weighted by Crippen LogP contribution is 2.26. The number of halogens is 1. The van der Waals surface area contributed by atoms with E-state index in [1.165, 1.54) is 0 Å². The molecule has 1 fully saturated rings. The highest BCUT2D eigenvalue weighted by molar-refractivity contribution is 9.10. The van der Waals surface area contributed by atoms with Crippen LogP contribution in [-0.2, 0) is 0 Å². The SMILES string of the molecule is [C-]#[N+]CCNc1nc(Br)cn2c(-c3ccc(C(=O)NC4CC4)cc3)cnc12. The van der Waals surface area contributed by atoms with Gasteiger partial charge in [-0.2, -0.15) is 0 Å². The molecule has 136 valence electrons. The summed E-state index contributed by atoms with van der Waals surface area (Å²) < 4.78 is 2.61. The Balaban J connectivity index is 1.63. The van der Waals surface area contributed by atoms with Crippen molar-refractivity contribution >= 4 is 33.3 Å². The Morgan fingerprint density at radius 1 is 1.33 bits per heavy atom. The highest BCUT2D eigenvalue weighted by Gasteiger charge is 2.23. The van der Waals surface area contributed by atoms with Crippen molar-refractivity contribution < 1.29 is 4.79 Å². The minimum absolute atomic E-state index is 0.0274. The number of fused-ring (bicyclic) bond motifs is 1. The number of carbonyl (C=O) groups excluding carboxylic acids is 1. The van der Waals surface area contributed by atoms with Crippen LogP contribution in [0.1, 0.15) is 23.2 Å². The van der Waals surface area contributed by atoms with E-state index in [-0.39, 0.29) is 5.91 Å². The fraction of sp³-hybridized carbons (Fsp3) is 0.263. The second kappa shape index (κ2) is 7.37. The van der Waals surface area contributed by atoms with E-state index < -0.39 is 0 Å². The van der Waals surface area contributed by atoms with E-state index in [0.717, 1.165) is 24.1 Å².